The van der Waals surface area contributed by atoms with E-state index in [2.05, 4.69) is 41.9 Å². The van der Waals surface area contributed by atoms with Crippen LogP contribution in [0, 0.1) is 18.8 Å². The number of hydrogen-bond acceptors (Lipinski definition) is 9. The maximum atomic E-state index is 14.0. The summed E-state index contributed by atoms with van der Waals surface area (Å²) in [6.07, 6.45) is 2.72. The summed E-state index contributed by atoms with van der Waals surface area (Å²) in [5.74, 6) is -0.399. The van der Waals surface area contributed by atoms with Crippen molar-refractivity contribution in [2.24, 2.45) is 11.8 Å². The molecule has 2 aliphatic rings. The number of aromatic amines is 1. The molecule has 1 aromatic heterocycles. The van der Waals surface area contributed by atoms with Gasteiger partial charge < -0.3 is 36.0 Å². The molecule has 6 rings (SSSR count). The zero-order valence-electron chi connectivity index (χ0n) is 33.9. The highest BCUT2D eigenvalue weighted by Gasteiger charge is 2.31. The van der Waals surface area contributed by atoms with Crippen LogP contribution in [0.4, 0.5) is 15.3 Å². The molecule has 0 radical (unpaired) electrons. The summed E-state index contributed by atoms with van der Waals surface area (Å²) in [5.41, 5.74) is 4.73. The van der Waals surface area contributed by atoms with Crippen molar-refractivity contribution in [3.8, 4) is 22.5 Å². The molecule has 2 heterocycles. The number of carbonyl (C=O) groups excluding carboxylic acids is 4. The quantitative estimate of drug-likeness (QED) is 0.102. The zero-order valence-corrected chi connectivity index (χ0v) is 33.9. The monoisotopic (exact) mass is 807 g/mol. The van der Waals surface area contributed by atoms with Crippen molar-refractivity contribution in [1.29, 1.82) is 0 Å². The number of carboxylic acid groups (broad SMARTS) is 1. The zero-order chi connectivity index (χ0) is 42.1. The second-order valence-electron chi connectivity index (χ2n) is 16.4. The Morgan fingerprint density at radius 3 is 2.29 bits per heavy atom. The Kier molecular flexibility index (Phi) is 13.6. The van der Waals surface area contributed by atoms with E-state index in [9.17, 15) is 29.1 Å². The van der Waals surface area contributed by atoms with Gasteiger partial charge in [-0.25, -0.2) is 9.59 Å². The minimum Gasteiger partial charge on any atom is -0.465 e. The third-order valence-corrected chi connectivity index (χ3v) is 10.8. The number of nitrogens with zero attached hydrogens (tertiary/aromatic N) is 4. The van der Waals surface area contributed by atoms with Gasteiger partial charge in [0.25, 0.3) is 5.91 Å². The highest BCUT2D eigenvalue weighted by Crippen LogP contribution is 2.30. The molecule has 0 spiro atoms. The molecule has 1 aliphatic heterocycles. The number of H-pyrrole nitrogens is 1. The first-order valence-electron chi connectivity index (χ1n) is 20.1. The third-order valence-electron chi connectivity index (χ3n) is 10.8. The van der Waals surface area contributed by atoms with Crippen molar-refractivity contribution >= 4 is 35.6 Å². The number of benzene rings is 3. The fourth-order valence-electron chi connectivity index (χ4n) is 7.60. The van der Waals surface area contributed by atoms with Crippen LogP contribution in [-0.2, 0) is 20.7 Å². The molecule has 16 nitrogen and oxygen atoms in total. The number of anilines is 1. The van der Waals surface area contributed by atoms with Crippen molar-refractivity contribution in [2.75, 3.05) is 25.0 Å². The van der Waals surface area contributed by atoms with Crippen LogP contribution < -0.4 is 21.3 Å². The van der Waals surface area contributed by atoms with E-state index < -0.39 is 23.8 Å². The molecule has 1 atom stereocenters. The van der Waals surface area contributed by atoms with E-state index in [4.69, 9.17) is 4.74 Å². The molecule has 312 valence electrons. The summed E-state index contributed by atoms with van der Waals surface area (Å²) in [6.45, 7) is 8.63. The summed E-state index contributed by atoms with van der Waals surface area (Å²) in [7, 11) is 0. The van der Waals surface area contributed by atoms with E-state index >= 15 is 0 Å². The van der Waals surface area contributed by atoms with Gasteiger partial charge in [0.2, 0.25) is 17.6 Å². The van der Waals surface area contributed by atoms with E-state index in [0.717, 1.165) is 40.7 Å². The van der Waals surface area contributed by atoms with Crippen LogP contribution in [0.1, 0.15) is 80.8 Å². The Hall–Kier alpha value is -6.32. The van der Waals surface area contributed by atoms with Crippen molar-refractivity contribution in [2.45, 2.75) is 90.3 Å². The van der Waals surface area contributed by atoms with E-state index in [1.807, 2.05) is 64.1 Å². The maximum Gasteiger partial charge on any atom is 0.407 e. The molecule has 5 amide bonds. The number of likely N-dealkylation sites (tertiary alicyclic amines) is 1. The molecule has 0 unspecified atom stereocenters. The average Bonchev–Trinajstić information content (AvgIpc) is 3.75. The van der Waals surface area contributed by atoms with E-state index in [-0.39, 0.29) is 42.0 Å². The number of nitrogens with one attached hydrogen (secondary N) is 5. The number of tetrazole rings is 1. The van der Waals surface area contributed by atoms with Crippen LogP contribution in [0.15, 0.2) is 66.7 Å². The number of carbonyl (C=O) groups is 5. The molecule has 6 N–H and O–H groups in total. The topological polar surface area (TPSA) is 221 Å². The number of aryl methyl sites for hydroxylation is 1. The summed E-state index contributed by atoms with van der Waals surface area (Å²) in [5, 5.41) is 35.2. The Labute approximate surface area is 343 Å². The van der Waals surface area contributed by atoms with Crippen LogP contribution >= 0.6 is 0 Å². The predicted octanol–water partition coefficient (Wildman–Crippen LogP) is 5.71. The lowest BCUT2D eigenvalue weighted by atomic mass is 9.81. The van der Waals surface area contributed by atoms with E-state index in [1.54, 1.807) is 30.3 Å². The van der Waals surface area contributed by atoms with Gasteiger partial charge in [0.15, 0.2) is 0 Å². The maximum absolute atomic E-state index is 14.0. The second kappa shape index (κ2) is 19.0. The standard InChI is InChI=1S/C43H53N9O7/c1-26-22-32(39(54)45-34-18-20-52(21-19-34)42(57)58)14-17-35(26)31-7-5-6-28(23-31)24-36(40(55)46-33-15-12-29(13-16-33)37-48-50-51-49-37)47-38(53)30-10-8-27(9-11-30)25-44-41(56)59-43(2,3)4/h5-7,12-17,22-23,27,30,34,36H,8-11,18-21,24-25H2,1-4H3,(H,44,56)(H,45,54)(H,46,55)(H,47,53)(H,57,58)(H,48,49,50,51)/t27?,30?,36-/m0/s1. The van der Waals surface area contributed by atoms with Crippen LogP contribution in [0.5, 0.6) is 0 Å². The molecule has 59 heavy (non-hydrogen) atoms. The number of aromatic nitrogens is 4. The van der Waals surface area contributed by atoms with Crippen LogP contribution in [0.3, 0.4) is 0 Å². The van der Waals surface area contributed by atoms with Crippen molar-refractivity contribution in [3.63, 3.8) is 0 Å². The lowest BCUT2D eigenvalue weighted by Crippen LogP contribution is -2.48. The van der Waals surface area contributed by atoms with Gasteiger partial charge in [-0.2, -0.15) is 5.21 Å². The second-order valence-corrected chi connectivity index (χ2v) is 16.4. The molecule has 16 heteroatoms. The number of ether oxygens (including phenoxy) is 1. The number of hydrogen-bond donors (Lipinski definition) is 6. The number of alkyl carbamates (subject to hydrolysis) is 1. The largest absolute Gasteiger partial charge is 0.465 e. The first-order chi connectivity index (χ1) is 28.2. The van der Waals surface area contributed by atoms with Gasteiger partial charge in [-0.3, -0.25) is 14.4 Å². The van der Waals surface area contributed by atoms with Gasteiger partial charge in [-0.1, -0.05) is 30.3 Å². The first-order valence-corrected chi connectivity index (χ1v) is 20.1. The summed E-state index contributed by atoms with van der Waals surface area (Å²) in [4.78, 5) is 65.7. The van der Waals surface area contributed by atoms with Gasteiger partial charge in [0.05, 0.1) is 0 Å². The van der Waals surface area contributed by atoms with Gasteiger partial charge in [0.1, 0.15) is 11.6 Å². The molecular weight excluding hydrogens is 755 g/mol. The Morgan fingerprint density at radius 1 is 0.915 bits per heavy atom. The molecule has 4 aromatic rings. The number of amides is 5. The van der Waals surface area contributed by atoms with Crippen LogP contribution in [0.2, 0.25) is 0 Å². The molecule has 1 saturated heterocycles. The van der Waals surface area contributed by atoms with Gasteiger partial charge in [0, 0.05) is 54.8 Å². The van der Waals surface area contributed by atoms with Crippen LogP contribution in [0.25, 0.3) is 22.5 Å². The van der Waals surface area contributed by atoms with E-state index in [0.29, 0.717) is 62.4 Å². The summed E-state index contributed by atoms with van der Waals surface area (Å²) in [6, 6.07) is 19.4. The average molecular weight is 808 g/mol. The predicted molar refractivity (Wildman–Crippen MR) is 220 cm³/mol. The molecule has 1 saturated carbocycles. The van der Waals surface area contributed by atoms with Gasteiger partial charge in [-0.15, -0.1) is 10.2 Å². The Bertz CT molecular complexity index is 2100. The van der Waals surface area contributed by atoms with Crippen molar-refractivity contribution in [1.82, 2.24) is 41.5 Å². The fraction of sp³-hybridized carbons (Fsp3) is 0.442. The van der Waals surface area contributed by atoms with Gasteiger partial charge >= 0.3 is 12.2 Å². The SMILES string of the molecule is Cc1cc(C(=O)NC2CCN(C(=O)O)CC2)ccc1-c1cccc(C[C@H](NC(=O)C2CCC(CNC(=O)OC(C)(C)C)CC2)C(=O)Nc2ccc(-c3nn[nH]n3)cc2)c1. The van der Waals surface area contributed by atoms with E-state index in [1.165, 1.54) is 4.90 Å². The first kappa shape index (κ1) is 42.3. The fourth-order valence-corrected chi connectivity index (χ4v) is 7.60. The summed E-state index contributed by atoms with van der Waals surface area (Å²) >= 11 is 0. The van der Waals surface area contributed by atoms with Crippen LogP contribution in [-0.4, -0.2) is 97.9 Å². The lowest BCUT2D eigenvalue weighted by Gasteiger charge is -2.30. The molecular formula is C43H53N9O7. The van der Waals surface area contributed by atoms with Crippen molar-refractivity contribution < 1.29 is 33.8 Å². The Balaban J connectivity index is 1.12. The summed E-state index contributed by atoms with van der Waals surface area (Å²) < 4.78 is 5.36. The normalized spacial score (nSPS) is 17.7. The van der Waals surface area contributed by atoms with Crippen molar-refractivity contribution in [3.05, 3.63) is 83.4 Å². The molecule has 3 aromatic carbocycles. The third kappa shape index (κ3) is 11.9. The van der Waals surface area contributed by atoms with Gasteiger partial charge in [-0.05, 0) is 136 Å². The molecule has 2 fully saturated rings. The number of rotatable bonds is 12. The minimum absolute atomic E-state index is 0.0976. The highest BCUT2D eigenvalue weighted by molar-refractivity contribution is 5.98. The minimum atomic E-state index is -0.945. The highest BCUT2D eigenvalue weighted by atomic mass is 16.6. The Morgan fingerprint density at radius 2 is 1.64 bits per heavy atom. The lowest BCUT2D eigenvalue weighted by molar-refractivity contribution is -0.130. The smallest absolute Gasteiger partial charge is 0.407 e. The number of piperidine rings is 1. The molecule has 0 bridgehead atoms. The molecule has 1 aliphatic carbocycles.